The molecule has 8 heteroatoms. The Bertz CT molecular complexity index is 695. The first-order chi connectivity index (χ1) is 10.0. The fourth-order valence-electron chi connectivity index (χ4n) is 1.94. The fraction of sp³-hybridized carbons (Fsp3) is 0.462. The van der Waals surface area contributed by atoms with E-state index in [4.69, 9.17) is 9.84 Å². The van der Waals surface area contributed by atoms with Crippen LogP contribution in [0.15, 0.2) is 21.4 Å². The molecular weight excluding hydrogens is 312 g/mol. The molecule has 0 saturated carbocycles. The van der Waals surface area contributed by atoms with Gasteiger partial charge in [-0.15, -0.1) is 11.3 Å². The van der Waals surface area contributed by atoms with Gasteiger partial charge in [0.05, 0.1) is 11.1 Å². The van der Waals surface area contributed by atoms with E-state index in [2.05, 4.69) is 4.98 Å². The van der Waals surface area contributed by atoms with E-state index in [9.17, 15) is 9.59 Å². The van der Waals surface area contributed by atoms with Gasteiger partial charge in [-0.1, -0.05) is 11.8 Å². The van der Waals surface area contributed by atoms with E-state index in [1.54, 1.807) is 17.7 Å². The molecule has 0 fully saturated rings. The van der Waals surface area contributed by atoms with Gasteiger partial charge in [0, 0.05) is 19.8 Å². The quantitative estimate of drug-likeness (QED) is 0.620. The van der Waals surface area contributed by atoms with Gasteiger partial charge in [-0.3, -0.25) is 14.2 Å². The van der Waals surface area contributed by atoms with E-state index < -0.39 is 5.97 Å². The van der Waals surface area contributed by atoms with Crippen LogP contribution in [-0.4, -0.2) is 40.1 Å². The Morgan fingerprint density at radius 1 is 1.62 bits per heavy atom. The summed E-state index contributed by atoms with van der Waals surface area (Å²) in [5.41, 5.74) is -0.127. The highest BCUT2D eigenvalue weighted by Crippen LogP contribution is 2.24. The lowest BCUT2D eigenvalue weighted by atomic mass is 10.2. The second kappa shape index (κ2) is 7.06. The second-order valence-electron chi connectivity index (χ2n) is 4.52. The number of hydrogen-bond acceptors (Lipinski definition) is 6. The number of rotatable bonds is 7. The van der Waals surface area contributed by atoms with Crippen LogP contribution in [0.3, 0.4) is 0 Å². The smallest absolute Gasteiger partial charge is 0.313 e. The molecular formula is C13H16N2O4S2. The molecule has 2 aromatic rings. The Balaban J connectivity index is 2.46. The van der Waals surface area contributed by atoms with Crippen LogP contribution >= 0.6 is 23.1 Å². The minimum atomic E-state index is -0.934. The van der Waals surface area contributed by atoms with Gasteiger partial charge in [0.15, 0.2) is 5.16 Å². The van der Waals surface area contributed by atoms with Gasteiger partial charge < -0.3 is 9.84 Å². The summed E-state index contributed by atoms with van der Waals surface area (Å²) in [6, 6.07) is 1.64. The van der Waals surface area contributed by atoms with E-state index in [1.165, 1.54) is 11.3 Å². The molecule has 0 spiro atoms. The first-order valence-corrected chi connectivity index (χ1v) is 8.24. The van der Waals surface area contributed by atoms with Crippen LogP contribution in [0.1, 0.15) is 19.4 Å². The van der Waals surface area contributed by atoms with Gasteiger partial charge in [-0.05, 0) is 24.8 Å². The Hall–Kier alpha value is -1.38. The normalized spacial score (nSPS) is 12.7. The summed E-state index contributed by atoms with van der Waals surface area (Å²) in [6.45, 7) is 2.43. The number of carbonyl (C=O) groups is 1. The zero-order valence-corrected chi connectivity index (χ0v) is 13.4. The maximum absolute atomic E-state index is 12.6. The number of aromatic nitrogens is 2. The van der Waals surface area contributed by atoms with Crippen LogP contribution in [0.5, 0.6) is 0 Å². The summed E-state index contributed by atoms with van der Waals surface area (Å²) in [5.74, 6) is -1.06. The van der Waals surface area contributed by atoms with E-state index in [0.29, 0.717) is 28.4 Å². The van der Waals surface area contributed by atoms with E-state index in [-0.39, 0.29) is 17.4 Å². The second-order valence-corrected chi connectivity index (χ2v) is 6.36. The number of ether oxygens (including phenoxy) is 1. The third-order valence-corrected chi connectivity index (χ3v) is 4.75. The summed E-state index contributed by atoms with van der Waals surface area (Å²) in [7, 11) is 1.61. The number of aliphatic carboxylic acids is 1. The summed E-state index contributed by atoms with van der Waals surface area (Å²) >= 11 is 2.45. The first kappa shape index (κ1) is 16.0. The third kappa shape index (κ3) is 3.63. The molecule has 21 heavy (non-hydrogen) atoms. The van der Waals surface area contributed by atoms with Crippen molar-refractivity contribution in [2.24, 2.45) is 0 Å². The average Bonchev–Trinajstić information content (AvgIpc) is 2.91. The number of carboxylic acid groups (broad SMARTS) is 1. The maximum Gasteiger partial charge on any atom is 0.313 e. The molecule has 2 rings (SSSR count). The monoisotopic (exact) mass is 328 g/mol. The number of carboxylic acids is 1. The highest BCUT2D eigenvalue weighted by Gasteiger charge is 2.17. The van der Waals surface area contributed by atoms with Crippen molar-refractivity contribution in [1.82, 2.24) is 9.55 Å². The minimum absolute atomic E-state index is 0.106. The van der Waals surface area contributed by atoms with E-state index >= 15 is 0 Å². The largest absolute Gasteiger partial charge is 0.481 e. The lowest BCUT2D eigenvalue weighted by Crippen LogP contribution is -2.26. The van der Waals surface area contributed by atoms with Gasteiger partial charge in [0.1, 0.15) is 4.83 Å². The van der Waals surface area contributed by atoms with Gasteiger partial charge >= 0.3 is 5.97 Å². The molecule has 0 aromatic carbocycles. The molecule has 1 atom stereocenters. The van der Waals surface area contributed by atoms with Crippen molar-refractivity contribution in [3.05, 3.63) is 21.8 Å². The van der Waals surface area contributed by atoms with Crippen molar-refractivity contribution >= 4 is 39.3 Å². The Labute approximate surface area is 129 Å². The van der Waals surface area contributed by atoms with Crippen molar-refractivity contribution in [3.63, 3.8) is 0 Å². The molecule has 2 aromatic heterocycles. The van der Waals surface area contributed by atoms with Crippen LogP contribution < -0.4 is 5.56 Å². The number of hydrogen-bond donors (Lipinski definition) is 1. The predicted octanol–water partition coefficient (Wildman–Crippen LogP) is 2.23. The van der Waals surface area contributed by atoms with Crippen molar-refractivity contribution in [1.29, 1.82) is 0 Å². The summed E-state index contributed by atoms with van der Waals surface area (Å²) in [6.07, 6.45) is 0.661. The highest BCUT2D eigenvalue weighted by atomic mass is 32.2. The molecule has 0 aliphatic carbocycles. The van der Waals surface area contributed by atoms with Gasteiger partial charge in [0.2, 0.25) is 0 Å². The number of thioether (sulfide) groups is 1. The van der Waals surface area contributed by atoms with Crippen LogP contribution in [0.4, 0.5) is 0 Å². The number of methoxy groups -OCH3 is 1. The van der Waals surface area contributed by atoms with Crippen molar-refractivity contribution in [2.75, 3.05) is 19.5 Å². The zero-order valence-electron chi connectivity index (χ0n) is 11.7. The maximum atomic E-state index is 12.6. The van der Waals surface area contributed by atoms with E-state index in [0.717, 1.165) is 11.8 Å². The van der Waals surface area contributed by atoms with Gasteiger partial charge in [0.25, 0.3) is 5.56 Å². The topological polar surface area (TPSA) is 81.4 Å². The SMILES string of the molecule is COCCC(C)n1c(SCC(=O)O)nc2sccc2c1=O. The van der Waals surface area contributed by atoms with Crippen LogP contribution in [0.25, 0.3) is 10.2 Å². The Kier molecular flexibility index (Phi) is 5.38. The standard InChI is InChI=1S/C13H16N2O4S2/c1-8(3-5-19-2)15-12(18)9-4-6-20-11(9)14-13(15)21-7-10(16)17/h4,6,8H,3,5,7H2,1-2H3,(H,16,17). The molecule has 1 unspecified atom stereocenters. The minimum Gasteiger partial charge on any atom is -0.481 e. The Morgan fingerprint density at radius 2 is 2.38 bits per heavy atom. The van der Waals surface area contributed by atoms with Crippen LogP contribution in [0.2, 0.25) is 0 Å². The number of fused-ring (bicyclic) bond motifs is 1. The van der Waals surface area contributed by atoms with Crippen LogP contribution in [-0.2, 0) is 9.53 Å². The Morgan fingerprint density at radius 3 is 3.05 bits per heavy atom. The molecule has 0 radical (unpaired) electrons. The number of nitrogens with zero attached hydrogens (tertiary/aromatic N) is 2. The molecule has 114 valence electrons. The molecule has 2 heterocycles. The molecule has 0 aliphatic heterocycles. The average molecular weight is 328 g/mol. The molecule has 0 saturated heterocycles. The fourth-order valence-corrected chi connectivity index (χ4v) is 3.56. The van der Waals surface area contributed by atoms with Crippen molar-refractivity contribution in [2.45, 2.75) is 24.5 Å². The first-order valence-electron chi connectivity index (χ1n) is 6.38. The predicted molar refractivity (Wildman–Crippen MR) is 83.4 cm³/mol. The summed E-state index contributed by atoms with van der Waals surface area (Å²) in [5, 5.41) is 11.7. The molecule has 0 bridgehead atoms. The van der Waals surface area contributed by atoms with Crippen molar-refractivity contribution < 1.29 is 14.6 Å². The van der Waals surface area contributed by atoms with E-state index in [1.807, 2.05) is 12.3 Å². The molecule has 0 aliphatic rings. The lowest BCUT2D eigenvalue weighted by molar-refractivity contribution is -0.133. The summed E-state index contributed by atoms with van der Waals surface area (Å²) < 4.78 is 6.62. The summed E-state index contributed by atoms with van der Waals surface area (Å²) in [4.78, 5) is 28.4. The third-order valence-electron chi connectivity index (χ3n) is 3.00. The van der Waals surface area contributed by atoms with Gasteiger partial charge in [-0.2, -0.15) is 0 Å². The molecule has 0 amide bonds. The van der Waals surface area contributed by atoms with Crippen molar-refractivity contribution in [3.8, 4) is 0 Å². The van der Waals surface area contributed by atoms with Gasteiger partial charge in [-0.25, -0.2) is 4.98 Å². The lowest BCUT2D eigenvalue weighted by Gasteiger charge is -2.18. The molecule has 6 nitrogen and oxygen atoms in total. The highest BCUT2D eigenvalue weighted by molar-refractivity contribution is 7.99. The molecule has 1 N–H and O–H groups in total. The van der Waals surface area contributed by atoms with Crippen LogP contribution in [0, 0.1) is 0 Å². The zero-order chi connectivity index (χ0) is 15.4. The number of thiophene rings is 1.